The first kappa shape index (κ1) is 14.3. The SMILES string of the molecule is CC(=O)C1=CN(c2ccccc2)C(=O)CC1c1ccccc1. The van der Waals surface area contributed by atoms with Gasteiger partial charge in [-0.2, -0.15) is 0 Å². The van der Waals surface area contributed by atoms with Gasteiger partial charge in [-0.1, -0.05) is 48.5 Å². The van der Waals surface area contributed by atoms with Crippen molar-refractivity contribution in [2.24, 2.45) is 0 Å². The minimum absolute atomic E-state index is 0.00211. The van der Waals surface area contributed by atoms with Crippen LogP contribution in [0.1, 0.15) is 24.8 Å². The first-order chi connectivity index (χ1) is 10.7. The zero-order chi connectivity index (χ0) is 15.5. The normalized spacial score (nSPS) is 18.0. The summed E-state index contributed by atoms with van der Waals surface area (Å²) in [6.45, 7) is 1.56. The van der Waals surface area contributed by atoms with Crippen molar-refractivity contribution in [1.29, 1.82) is 0 Å². The number of amides is 1. The van der Waals surface area contributed by atoms with Crippen LogP contribution in [0.3, 0.4) is 0 Å². The fourth-order valence-electron chi connectivity index (χ4n) is 2.81. The van der Waals surface area contributed by atoms with Crippen molar-refractivity contribution in [3.8, 4) is 0 Å². The summed E-state index contributed by atoms with van der Waals surface area (Å²) in [6.07, 6.45) is 2.01. The van der Waals surface area contributed by atoms with Crippen molar-refractivity contribution in [3.63, 3.8) is 0 Å². The molecular weight excluding hydrogens is 274 g/mol. The fourth-order valence-corrected chi connectivity index (χ4v) is 2.81. The van der Waals surface area contributed by atoms with Crippen LogP contribution < -0.4 is 4.90 Å². The highest BCUT2D eigenvalue weighted by atomic mass is 16.2. The summed E-state index contributed by atoms with van der Waals surface area (Å²) < 4.78 is 0. The molecule has 1 aliphatic heterocycles. The van der Waals surface area contributed by atoms with Gasteiger partial charge < -0.3 is 0 Å². The van der Waals surface area contributed by atoms with E-state index in [9.17, 15) is 9.59 Å². The molecule has 110 valence electrons. The molecule has 0 N–H and O–H groups in total. The Labute approximate surface area is 129 Å². The van der Waals surface area contributed by atoms with Crippen LogP contribution in [0.25, 0.3) is 0 Å². The number of nitrogens with zero attached hydrogens (tertiary/aromatic N) is 1. The van der Waals surface area contributed by atoms with Crippen molar-refractivity contribution in [2.45, 2.75) is 19.3 Å². The van der Waals surface area contributed by atoms with E-state index in [1.807, 2.05) is 60.7 Å². The largest absolute Gasteiger partial charge is 0.295 e. The molecule has 22 heavy (non-hydrogen) atoms. The molecule has 0 fully saturated rings. The molecule has 1 atom stereocenters. The van der Waals surface area contributed by atoms with Crippen LogP contribution in [0.15, 0.2) is 72.4 Å². The Morgan fingerprint density at radius 2 is 1.59 bits per heavy atom. The van der Waals surface area contributed by atoms with E-state index < -0.39 is 0 Å². The van der Waals surface area contributed by atoms with Gasteiger partial charge in [-0.05, 0) is 24.6 Å². The molecule has 0 radical (unpaired) electrons. The Morgan fingerprint density at radius 1 is 1.00 bits per heavy atom. The Morgan fingerprint density at radius 3 is 2.18 bits per heavy atom. The summed E-state index contributed by atoms with van der Waals surface area (Å²) in [7, 11) is 0. The molecule has 3 rings (SSSR count). The van der Waals surface area contributed by atoms with Gasteiger partial charge in [-0.15, -0.1) is 0 Å². The first-order valence-corrected chi connectivity index (χ1v) is 7.31. The molecule has 0 bridgehead atoms. The van der Waals surface area contributed by atoms with E-state index in [0.29, 0.717) is 12.0 Å². The van der Waals surface area contributed by atoms with Gasteiger partial charge in [0, 0.05) is 29.8 Å². The second-order valence-corrected chi connectivity index (χ2v) is 5.41. The lowest BCUT2D eigenvalue weighted by Crippen LogP contribution is -2.33. The van der Waals surface area contributed by atoms with Gasteiger partial charge in [0.2, 0.25) is 5.91 Å². The number of carbonyl (C=O) groups is 2. The molecule has 2 aromatic carbocycles. The molecule has 1 amide bonds. The van der Waals surface area contributed by atoms with Gasteiger partial charge in [-0.3, -0.25) is 14.5 Å². The van der Waals surface area contributed by atoms with Gasteiger partial charge in [0.1, 0.15) is 0 Å². The molecule has 0 aromatic heterocycles. The summed E-state index contributed by atoms with van der Waals surface area (Å²) in [4.78, 5) is 26.2. The van der Waals surface area contributed by atoms with Crippen LogP contribution in [0.4, 0.5) is 5.69 Å². The van der Waals surface area contributed by atoms with Gasteiger partial charge in [0.15, 0.2) is 5.78 Å². The predicted octanol–water partition coefficient (Wildman–Crippen LogP) is 3.68. The molecule has 1 unspecified atom stereocenters. The summed E-state index contributed by atoms with van der Waals surface area (Å²) >= 11 is 0. The second-order valence-electron chi connectivity index (χ2n) is 5.41. The third kappa shape index (κ3) is 2.70. The monoisotopic (exact) mass is 291 g/mol. The van der Waals surface area contributed by atoms with Crippen molar-refractivity contribution in [2.75, 3.05) is 4.90 Å². The average Bonchev–Trinajstić information content (AvgIpc) is 2.56. The van der Waals surface area contributed by atoms with Gasteiger partial charge in [0.05, 0.1) is 0 Å². The third-order valence-corrected chi connectivity index (χ3v) is 3.93. The van der Waals surface area contributed by atoms with Crippen LogP contribution in [-0.2, 0) is 9.59 Å². The zero-order valence-corrected chi connectivity index (χ0v) is 12.4. The molecular formula is C19H17NO2. The van der Waals surface area contributed by atoms with E-state index in [4.69, 9.17) is 0 Å². The number of benzene rings is 2. The topological polar surface area (TPSA) is 37.4 Å². The predicted molar refractivity (Wildman–Crippen MR) is 86.5 cm³/mol. The maximum absolute atomic E-state index is 12.5. The molecule has 0 saturated carbocycles. The molecule has 0 spiro atoms. The minimum Gasteiger partial charge on any atom is -0.295 e. The lowest BCUT2D eigenvalue weighted by molar-refractivity contribution is -0.119. The van der Waals surface area contributed by atoms with E-state index in [2.05, 4.69) is 0 Å². The Kier molecular flexibility index (Phi) is 3.88. The van der Waals surface area contributed by atoms with E-state index in [1.54, 1.807) is 18.0 Å². The second kappa shape index (κ2) is 5.98. The van der Waals surface area contributed by atoms with Gasteiger partial charge in [-0.25, -0.2) is 0 Å². The van der Waals surface area contributed by atoms with Gasteiger partial charge >= 0.3 is 0 Å². The van der Waals surface area contributed by atoms with Gasteiger partial charge in [0.25, 0.3) is 0 Å². The lowest BCUT2D eigenvalue weighted by atomic mass is 9.84. The number of para-hydroxylation sites is 1. The first-order valence-electron chi connectivity index (χ1n) is 7.31. The number of allylic oxidation sites excluding steroid dienone is 1. The standard InChI is InChI=1S/C19H17NO2/c1-14(21)18-13-20(16-10-6-3-7-11-16)19(22)12-17(18)15-8-4-2-5-9-15/h2-11,13,17H,12H2,1H3. The number of anilines is 1. The number of ketones is 1. The highest BCUT2D eigenvalue weighted by Crippen LogP contribution is 2.34. The van der Waals surface area contributed by atoms with Crippen LogP contribution in [0.2, 0.25) is 0 Å². The number of hydrogen-bond acceptors (Lipinski definition) is 2. The van der Waals surface area contributed by atoms with Crippen molar-refractivity contribution < 1.29 is 9.59 Å². The Bertz CT molecular complexity index is 720. The van der Waals surface area contributed by atoms with Crippen LogP contribution in [0.5, 0.6) is 0 Å². The highest BCUT2D eigenvalue weighted by Gasteiger charge is 2.31. The number of Topliss-reactive ketones (excluding diaryl/α,β-unsaturated/α-hetero) is 1. The number of carbonyl (C=O) groups excluding carboxylic acids is 2. The quantitative estimate of drug-likeness (QED) is 0.865. The minimum atomic E-state index is -0.161. The summed E-state index contributed by atoms with van der Waals surface area (Å²) in [5.41, 5.74) is 2.47. The third-order valence-electron chi connectivity index (χ3n) is 3.93. The Hall–Kier alpha value is -2.68. The molecule has 3 heteroatoms. The molecule has 1 heterocycles. The molecule has 1 aliphatic rings. The van der Waals surface area contributed by atoms with E-state index in [-0.39, 0.29) is 17.6 Å². The molecule has 0 saturated heterocycles. The van der Waals surface area contributed by atoms with Crippen molar-refractivity contribution in [1.82, 2.24) is 0 Å². The molecule has 2 aromatic rings. The van der Waals surface area contributed by atoms with E-state index >= 15 is 0 Å². The van der Waals surface area contributed by atoms with E-state index in [0.717, 1.165) is 11.3 Å². The maximum Gasteiger partial charge on any atom is 0.232 e. The highest BCUT2D eigenvalue weighted by molar-refractivity contribution is 6.04. The Balaban J connectivity index is 2.03. The summed E-state index contributed by atoms with van der Waals surface area (Å²) in [5, 5.41) is 0. The molecule has 3 nitrogen and oxygen atoms in total. The maximum atomic E-state index is 12.5. The fraction of sp³-hybridized carbons (Fsp3) is 0.158. The van der Waals surface area contributed by atoms with E-state index in [1.165, 1.54) is 0 Å². The van der Waals surface area contributed by atoms with Crippen LogP contribution >= 0.6 is 0 Å². The lowest BCUT2D eigenvalue weighted by Gasteiger charge is -2.30. The summed E-state index contributed by atoms with van der Waals surface area (Å²) in [5.74, 6) is -0.154. The number of hydrogen-bond donors (Lipinski definition) is 0. The van der Waals surface area contributed by atoms with Crippen molar-refractivity contribution in [3.05, 3.63) is 78.0 Å². The smallest absolute Gasteiger partial charge is 0.232 e. The number of rotatable bonds is 3. The summed E-state index contributed by atoms with van der Waals surface area (Å²) in [6, 6.07) is 19.1. The van der Waals surface area contributed by atoms with Crippen LogP contribution in [0, 0.1) is 0 Å². The molecule has 0 aliphatic carbocycles. The zero-order valence-electron chi connectivity index (χ0n) is 12.4. The average molecular weight is 291 g/mol. The van der Waals surface area contributed by atoms with Crippen molar-refractivity contribution >= 4 is 17.4 Å². The van der Waals surface area contributed by atoms with Crippen LogP contribution in [-0.4, -0.2) is 11.7 Å².